The first-order valence-corrected chi connectivity index (χ1v) is 8.04. The normalized spacial score (nSPS) is 19.0. The number of rotatable bonds is 8. The van der Waals surface area contributed by atoms with Gasteiger partial charge in [-0.1, -0.05) is 0 Å². The van der Waals surface area contributed by atoms with Gasteiger partial charge in [0.2, 0.25) is 12.3 Å². The maximum Gasteiger partial charge on any atom is 0.252 e. The van der Waals surface area contributed by atoms with Crippen LogP contribution in [0.2, 0.25) is 0 Å². The minimum atomic E-state index is -0.751. The Hall–Kier alpha value is -2.48. The van der Waals surface area contributed by atoms with Gasteiger partial charge in [-0.3, -0.25) is 19.4 Å². The summed E-state index contributed by atoms with van der Waals surface area (Å²) in [5, 5.41) is 8.30. The highest BCUT2D eigenvalue weighted by molar-refractivity contribution is 5.94. The number of nitrogens with two attached hydrogens (primary N) is 1. The average molecular weight is 331 g/mol. The van der Waals surface area contributed by atoms with Crippen molar-refractivity contribution in [2.75, 3.05) is 13.1 Å². The van der Waals surface area contributed by atoms with Crippen molar-refractivity contribution in [3.05, 3.63) is 29.6 Å². The Bertz CT molecular complexity index is 650. The average Bonchev–Trinajstić information content (AvgIpc) is 3.50. The quantitative estimate of drug-likeness (QED) is 0.462. The van der Waals surface area contributed by atoms with E-state index in [0.717, 1.165) is 18.5 Å². The molecule has 0 spiro atoms. The molecule has 128 valence electrons. The molecule has 8 nitrogen and oxygen atoms in total. The van der Waals surface area contributed by atoms with Crippen LogP contribution in [0.5, 0.6) is 0 Å². The molecule has 0 bridgehead atoms. The van der Waals surface area contributed by atoms with Crippen LogP contribution in [-0.2, 0) is 15.1 Å². The van der Waals surface area contributed by atoms with E-state index in [9.17, 15) is 14.4 Å². The van der Waals surface area contributed by atoms with Crippen LogP contribution in [0.1, 0.15) is 41.7 Å². The standard InChI is InChI=1S/C16H21N5O3/c17-7-8-18-13(23)11-1-2-12(19-9-11)15(3-4-15)21-14(24)16(5-6-16)20-10-22/h1-2,9-10H,3-8,17H2,(H,18,23)(H,20,22)(H,21,24). The summed E-state index contributed by atoms with van der Waals surface area (Å²) in [4.78, 5) is 39.2. The molecule has 1 heterocycles. The Kier molecular flexibility index (Phi) is 4.23. The highest BCUT2D eigenvalue weighted by Crippen LogP contribution is 2.46. The Labute approximate surface area is 139 Å². The molecule has 0 unspecified atom stereocenters. The van der Waals surface area contributed by atoms with Crippen molar-refractivity contribution < 1.29 is 14.4 Å². The van der Waals surface area contributed by atoms with Crippen LogP contribution in [0.15, 0.2) is 18.3 Å². The number of nitrogens with one attached hydrogen (secondary N) is 3. The Morgan fingerprint density at radius 1 is 1.25 bits per heavy atom. The first kappa shape index (κ1) is 16.4. The van der Waals surface area contributed by atoms with E-state index in [1.165, 1.54) is 6.20 Å². The number of pyridine rings is 1. The summed E-state index contributed by atoms with van der Waals surface area (Å²) in [5.74, 6) is -0.390. The fraction of sp³-hybridized carbons (Fsp3) is 0.500. The smallest absolute Gasteiger partial charge is 0.252 e. The van der Waals surface area contributed by atoms with Crippen molar-refractivity contribution >= 4 is 18.2 Å². The van der Waals surface area contributed by atoms with Crippen molar-refractivity contribution in [2.24, 2.45) is 5.73 Å². The van der Waals surface area contributed by atoms with Gasteiger partial charge in [0, 0.05) is 19.3 Å². The number of hydrogen-bond acceptors (Lipinski definition) is 5. The molecule has 0 aromatic carbocycles. The molecule has 3 amide bonds. The molecule has 0 aliphatic heterocycles. The van der Waals surface area contributed by atoms with Crippen molar-refractivity contribution in [3.8, 4) is 0 Å². The van der Waals surface area contributed by atoms with Gasteiger partial charge in [0.25, 0.3) is 5.91 Å². The Balaban J connectivity index is 1.66. The third-order valence-electron chi connectivity index (χ3n) is 4.57. The second kappa shape index (κ2) is 6.20. The maximum atomic E-state index is 12.4. The van der Waals surface area contributed by atoms with E-state index in [-0.39, 0.29) is 11.8 Å². The maximum absolute atomic E-state index is 12.4. The van der Waals surface area contributed by atoms with Crippen molar-refractivity contribution in [1.29, 1.82) is 0 Å². The molecule has 0 saturated heterocycles. The summed E-state index contributed by atoms with van der Waals surface area (Å²) in [6.45, 7) is 0.787. The second-order valence-electron chi connectivity index (χ2n) is 6.36. The first-order chi connectivity index (χ1) is 11.6. The largest absolute Gasteiger partial charge is 0.351 e. The summed E-state index contributed by atoms with van der Waals surface area (Å²) >= 11 is 0. The Morgan fingerprint density at radius 3 is 2.50 bits per heavy atom. The molecule has 3 rings (SSSR count). The fourth-order valence-electron chi connectivity index (χ4n) is 2.68. The van der Waals surface area contributed by atoms with Crippen LogP contribution in [-0.4, -0.2) is 41.8 Å². The summed E-state index contributed by atoms with van der Waals surface area (Å²) in [6, 6.07) is 3.45. The van der Waals surface area contributed by atoms with Crippen molar-refractivity contribution in [3.63, 3.8) is 0 Å². The van der Waals surface area contributed by atoms with E-state index in [1.807, 2.05) is 0 Å². The van der Waals surface area contributed by atoms with E-state index in [2.05, 4.69) is 20.9 Å². The lowest BCUT2D eigenvalue weighted by atomic mass is 10.1. The minimum absolute atomic E-state index is 0.168. The van der Waals surface area contributed by atoms with E-state index in [4.69, 9.17) is 5.73 Å². The molecule has 1 aromatic heterocycles. The summed E-state index contributed by atoms with van der Waals surface area (Å²) in [7, 11) is 0. The zero-order chi connectivity index (χ0) is 17.2. The number of carbonyl (C=O) groups excluding carboxylic acids is 3. The van der Waals surface area contributed by atoms with Crippen LogP contribution >= 0.6 is 0 Å². The SMILES string of the molecule is NCCNC(=O)c1ccc(C2(NC(=O)C3(NC=O)CC3)CC2)nc1. The highest BCUT2D eigenvalue weighted by Gasteiger charge is 2.55. The van der Waals surface area contributed by atoms with E-state index in [1.54, 1.807) is 12.1 Å². The van der Waals surface area contributed by atoms with Gasteiger partial charge >= 0.3 is 0 Å². The lowest BCUT2D eigenvalue weighted by Crippen LogP contribution is -2.49. The second-order valence-corrected chi connectivity index (χ2v) is 6.36. The van der Waals surface area contributed by atoms with Crippen LogP contribution in [0, 0.1) is 0 Å². The van der Waals surface area contributed by atoms with E-state index < -0.39 is 11.1 Å². The predicted molar refractivity (Wildman–Crippen MR) is 85.8 cm³/mol. The lowest BCUT2D eigenvalue weighted by molar-refractivity contribution is -0.127. The third kappa shape index (κ3) is 3.09. The van der Waals surface area contributed by atoms with Crippen LogP contribution in [0.3, 0.4) is 0 Å². The number of hydrogen-bond donors (Lipinski definition) is 4. The molecule has 24 heavy (non-hydrogen) atoms. The van der Waals surface area contributed by atoms with E-state index >= 15 is 0 Å². The third-order valence-corrected chi connectivity index (χ3v) is 4.57. The van der Waals surface area contributed by atoms with Gasteiger partial charge in [0.05, 0.1) is 16.8 Å². The zero-order valence-electron chi connectivity index (χ0n) is 13.3. The zero-order valence-corrected chi connectivity index (χ0v) is 13.3. The monoisotopic (exact) mass is 331 g/mol. The van der Waals surface area contributed by atoms with Crippen LogP contribution in [0.4, 0.5) is 0 Å². The summed E-state index contributed by atoms with van der Waals surface area (Å²) in [6.07, 6.45) is 4.97. The summed E-state index contributed by atoms with van der Waals surface area (Å²) in [5.41, 5.74) is 5.31. The first-order valence-electron chi connectivity index (χ1n) is 8.04. The summed E-state index contributed by atoms with van der Waals surface area (Å²) < 4.78 is 0. The number of amides is 3. The highest BCUT2D eigenvalue weighted by atomic mass is 16.2. The van der Waals surface area contributed by atoms with Crippen molar-refractivity contribution in [2.45, 2.75) is 36.8 Å². The van der Waals surface area contributed by atoms with E-state index in [0.29, 0.717) is 37.9 Å². The number of carbonyl (C=O) groups is 3. The van der Waals surface area contributed by atoms with Gasteiger partial charge in [-0.25, -0.2) is 0 Å². The number of aromatic nitrogens is 1. The van der Waals surface area contributed by atoms with Gasteiger partial charge in [-0.15, -0.1) is 0 Å². The molecule has 5 N–H and O–H groups in total. The minimum Gasteiger partial charge on any atom is -0.351 e. The molecule has 1 aromatic rings. The van der Waals surface area contributed by atoms with Gasteiger partial charge in [0.15, 0.2) is 0 Å². The molecular weight excluding hydrogens is 310 g/mol. The van der Waals surface area contributed by atoms with Crippen molar-refractivity contribution in [1.82, 2.24) is 20.9 Å². The van der Waals surface area contributed by atoms with Gasteiger partial charge < -0.3 is 21.7 Å². The molecule has 0 atom stereocenters. The molecule has 2 saturated carbocycles. The fourth-order valence-corrected chi connectivity index (χ4v) is 2.68. The van der Waals surface area contributed by atoms with Crippen LogP contribution < -0.4 is 21.7 Å². The molecule has 0 radical (unpaired) electrons. The van der Waals surface area contributed by atoms with Gasteiger partial charge in [-0.05, 0) is 37.8 Å². The predicted octanol–water partition coefficient (Wildman–Crippen LogP) is -0.846. The number of nitrogens with zero attached hydrogens (tertiary/aromatic N) is 1. The molecule has 2 fully saturated rings. The van der Waals surface area contributed by atoms with Crippen LogP contribution in [0.25, 0.3) is 0 Å². The lowest BCUT2D eigenvalue weighted by Gasteiger charge is -2.21. The molecular formula is C16H21N5O3. The Morgan fingerprint density at radius 2 is 2.00 bits per heavy atom. The topological polar surface area (TPSA) is 126 Å². The molecule has 2 aliphatic carbocycles. The molecule has 8 heteroatoms. The molecule has 2 aliphatic rings. The van der Waals surface area contributed by atoms with Gasteiger partial charge in [0.1, 0.15) is 5.54 Å². The van der Waals surface area contributed by atoms with Gasteiger partial charge in [-0.2, -0.15) is 0 Å².